The Morgan fingerprint density at radius 2 is 2.04 bits per heavy atom. The summed E-state index contributed by atoms with van der Waals surface area (Å²) in [6.45, 7) is 5.23. The van der Waals surface area contributed by atoms with Crippen LogP contribution in [0.2, 0.25) is 0 Å². The molecule has 1 aliphatic heterocycles. The summed E-state index contributed by atoms with van der Waals surface area (Å²) in [7, 11) is 1.69. The molecular formula is C20H21FN2O2. The molecule has 1 aromatic heterocycles. The first-order valence-electron chi connectivity index (χ1n) is 8.13. The monoisotopic (exact) mass is 340 g/mol. The van der Waals surface area contributed by atoms with Gasteiger partial charge in [0, 0.05) is 24.4 Å². The van der Waals surface area contributed by atoms with Gasteiger partial charge in [0.2, 0.25) is 0 Å². The van der Waals surface area contributed by atoms with Gasteiger partial charge in [-0.05, 0) is 44.2 Å². The first kappa shape index (κ1) is 17.4. The summed E-state index contributed by atoms with van der Waals surface area (Å²) in [6, 6.07) is 10.0. The molecule has 5 heteroatoms. The van der Waals surface area contributed by atoms with Gasteiger partial charge in [0.1, 0.15) is 24.5 Å². The third-order valence-corrected chi connectivity index (χ3v) is 4.29. The largest absolute Gasteiger partial charge is 0.377 e. The van der Waals surface area contributed by atoms with Crippen LogP contribution in [-0.4, -0.2) is 37.1 Å². The molecule has 0 saturated carbocycles. The standard InChI is InChI=1S/C20H21FN2O2/c1-20(2)18(24-3)13-23(14-25-20)19-10-9-16(12-22-19)8-7-15-5-4-6-17(21)11-15/h4-6,9-12,18H,13-14H2,1-3H3. The van der Waals surface area contributed by atoms with Gasteiger partial charge in [-0.1, -0.05) is 17.9 Å². The summed E-state index contributed by atoms with van der Waals surface area (Å²) in [5, 5.41) is 0. The number of ether oxygens (including phenoxy) is 2. The summed E-state index contributed by atoms with van der Waals surface area (Å²) in [5.41, 5.74) is 1.09. The molecule has 0 bridgehead atoms. The van der Waals surface area contributed by atoms with E-state index in [0.717, 1.165) is 11.4 Å². The molecule has 1 aromatic carbocycles. The molecule has 0 aliphatic carbocycles. The maximum atomic E-state index is 13.2. The Bertz CT molecular complexity index is 793. The highest BCUT2D eigenvalue weighted by Crippen LogP contribution is 2.26. The lowest BCUT2D eigenvalue weighted by Crippen LogP contribution is -2.55. The number of hydrogen-bond acceptors (Lipinski definition) is 4. The fraction of sp³-hybridized carbons (Fsp3) is 0.350. The molecular weight excluding hydrogens is 319 g/mol. The maximum Gasteiger partial charge on any atom is 0.130 e. The molecule has 0 radical (unpaired) electrons. The fourth-order valence-corrected chi connectivity index (χ4v) is 2.69. The molecule has 0 amide bonds. The average molecular weight is 340 g/mol. The number of halogens is 1. The molecule has 25 heavy (non-hydrogen) atoms. The normalized spacial score (nSPS) is 19.2. The van der Waals surface area contributed by atoms with Gasteiger partial charge >= 0.3 is 0 Å². The lowest BCUT2D eigenvalue weighted by Gasteiger charge is -2.43. The Morgan fingerprint density at radius 1 is 1.24 bits per heavy atom. The highest BCUT2D eigenvalue weighted by atomic mass is 19.1. The molecule has 2 aromatic rings. The van der Waals surface area contributed by atoms with Crippen LogP contribution in [0.1, 0.15) is 25.0 Å². The van der Waals surface area contributed by atoms with E-state index in [2.05, 4.69) is 16.8 Å². The molecule has 3 rings (SSSR count). The minimum atomic E-state index is -0.318. The summed E-state index contributed by atoms with van der Waals surface area (Å²) in [6.07, 6.45) is 1.68. The topological polar surface area (TPSA) is 34.6 Å². The van der Waals surface area contributed by atoms with Crippen molar-refractivity contribution in [3.63, 3.8) is 0 Å². The van der Waals surface area contributed by atoms with Gasteiger partial charge in [-0.2, -0.15) is 0 Å². The smallest absolute Gasteiger partial charge is 0.130 e. The SMILES string of the molecule is COC1CN(c2ccc(C#Cc3cccc(F)c3)cn2)COC1(C)C. The van der Waals surface area contributed by atoms with Crippen molar-refractivity contribution in [2.24, 2.45) is 0 Å². The highest BCUT2D eigenvalue weighted by molar-refractivity contribution is 5.46. The number of aromatic nitrogens is 1. The van der Waals surface area contributed by atoms with Crippen LogP contribution in [0.4, 0.5) is 10.2 Å². The number of hydrogen-bond donors (Lipinski definition) is 0. The zero-order valence-corrected chi connectivity index (χ0v) is 14.6. The van der Waals surface area contributed by atoms with E-state index in [1.165, 1.54) is 12.1 Å². The second kappa shape index (κ2) is 7.22. The van der Waals surface area contributed by atoms with Gasteiger partial charge in [0.05, 0.1) is 12.1 Å². The molecule has 0 N–H and O–H groups in total. The van der Waals surface area contributed by atoms with Gasteiger partial charge in [-0.3, -0.25) is 0 Å². The molecule has 4 nitrogen and oxygen atoms in total. The van der Waals surface area contributed by atoms with Crippen LogP contribution in [0.5, 0.6) is 0 Å². The zero-order valence-electron chi connectivity index (χ0n) is 14.6. The summed E-state index contributed by atoms with van der Waals surface area (Å²) in [4.78, 5) is 6.49. The summed E-state index contributed by atoms with van der Waals surface area (Å²) < 4.78 is 24.6. The first-order valence-corrected chi connectivity index (χ1v) is 8.13. The number of methoxy groups -OCH3 is 1. The highest BCUT2D eigenvalue weighted by Gasteiger charge is 2.37. The fourth-order valence-electron chi connectivity index (χ4n) is 2.69. The summed E-state index contributed by atoms with van der Waals surface area (Å²) >= 11 is 0. The number of benzene rings is 1. The van der Waals surface area contributed by atoms with Crippen LogP contribution in [-0.2, 0) is 9.47 Å². The van der Waals surface area contributed by atoms with Crippen LogP contribution < -0.4 is 4.90 Å². The van der Waals surface area contributed by atoms with E-state index in [1.807, 2.05) is 30.9 Å². The number of nitrogens with zero attached hydrogens (tertiary/aromatic N) is 2. The predicted molar refractivity (Wildman–Crippen MR) is 94.8 cm³/mol. The quantitative estimate of drug-likeness (QED) is 0.787. The second-order valence-corrected chi connectivity index (χ2v) is 6.49. The number of rotatable bonds is 2. The Kier molecular flexibility index (Phi) is 5.03. The van der Waals surface area contributed by atoms with Gasteiger partial charge in [0.15, 0.2) is 0 Å². The van der Waals surface area contributed by atoms with E-state index < -0.39 is 0 Å². The van der Waals surface area contributed by atoms with Crippen LogP contribution >= 0.6 is 0 Å². The number of pyridine rings is 1. The van der Waals surface area contributed by atoms with Gasteiger partial charge in [0.25, 0.3) is 0 Å². The van der Waals surface area contributed by atoms with Gasteiger partial charge in [-0.25, -0.2) is 9.37 Å². The predicted octanol–water partition coefficient (Wildman–Crippen LogP) is 3.21. The molecule has 130 valence electrons. The Morgan fingerprint density at radius 3 is 2.72 bits per heavy atom. The van der Waals surface area contributed by atoms with Crippen LogP contribution in [0.3, 0.4) is 0 Å². The molecule has 1 fully saturated rings. The Labute approximate surface area is 147 Å². The van der Waals surface area contributed by atoms with Crippen molar-refractivity contribution in [2.75, 3.05) is 25.3 Å². The van der Waals surface area contributed by atoms with Crippen LogP contribution in [0.15, 0.2) is 42.6 Å². The van der Waals surface area contributed by atoms with Crippen molar-refractivity contribution in [3.8, 4) is 11.8 Å². The van der Waals surface area contributed by atoms with Crippen molar-refractivity contribution >= 4 is 5.82 Å². The third kappa shape index (κ3) is 4.16. The first-order chi connectivity index (χ1) is 12.0. The molecule has 2 heterocycles. The molecule has 1 atom stereocenters. The van der Waals surface area contributed by atoms with Crippen LogP contribution in [0, 0.1) is 17.7 Å². The van der Waals surface area contributed by atoms with Crippen molar-refractivity contribution < 1.29 is 13.9 Å². The van der Waals surface area contributed by atoms with E-state index in [0.29, 0.717) is 18.8 Å². The minimum Gasteiger partial charge on any atom is -0.377 e. The summed E-state index contributed by atoms with van der Waals surface area (Å²) in [5.74, 6) is 6.46. The molecule has 0 spiro atoms. The van der Waals surface area contributed by atoms with Crippen molar-refractivity contribution in [3.05, 3.63) is 59.5 Å². The lowest BCUT2D eigenvalue weighted by molar-refractivity contribution is -0.134. The van der Waals surface area contributed by atoms with Crippen LogP contribution in [0.25, 0.3) is 0 Å². The lowest BCUT2D eigenvalue weighted by atomic mass is 9.99. The number of anilines is 1. The van der Waals surface area contributed by atoms with Gasteiger partial charge < -0.3 is 14.4 Å². The van der Waals surface area contributed by atoms with Gasteiger partial charge in [-0.15, -0.1) is 0 Å². The Hall–Kier alpha value is -2.42. The van der Waals surface area contributed by atoms with Crippen molar-refractivity contribution in [2.45, 2.75) is 25.6 Å². The van der Waals surface area contributed by atoms with Crippen molar-refractivity contribution in [1.82, 2.24) is 4.98 Å². The maximum absolute atomic E-state index is 13.2. The molecule has 1 aliphatic rings. The Balaban J connectivity index is 1.71. The van der Waals surface area contributed by atoms with E-state index in [-0.39, 0.29) is 17.5 Å². The zero-order chi connectivity index (χ0) is 17.9. The van der Waals surface area contributed by atoms with E-state index in [1.54, 1.807) is 25.4 Å². The molecule has 1 saturated heterocycles. The third-order valence-electron chi connectivity index (χ3n) is 4.29. The van der Waals surface area contributed by atoms with Crippen molar-refractivity contribution in [1.29, 1.82) is 0 Å². The van der Waals surface area contributed by atoms with E-state index >= 15 is 0 Å². The second-order valence-electron chi connectivity index (χ2n) is 6.49. The average Bonchev–Trinajstić information content (AvgIpc) is 2.60. The minimum absolute atomic E-state index is 0.0319. The van der Waals surface area contributed by atoms with E-state index in [4.69, 9.17) is 9.47 Å². The van der Waals surface area contributed by atoms with E-state index in [9.17, 15) is 4.39 Å². The molecule has 1 unspecified atom stereocenters.